The van der Waals surface area contributed by atoms with Crippen molar-refractivity contribution >= 4 is 5.97 Å². The zero-order valence-electron chi connectivity index (χ0n) is 9.41. The molecular weight excluding hydrogens is 180 g/mol. The molecule has 0 bridgehead atoms. The van der Waals surface area contributed by atoms with Gasteiger partial charge in [-0.2, -0.15) is 0 Å². The zero-order valence-corrected chi connectivity index (χ0v) is 8.41. The fourth-order valence-corrected chi connectivity index (χ4v) is 1.11. The van der Waals surface area contributed by atoms with Crippen LogP contribution in [0.4, 0.5) is 4.39 Å². The van der Waals surface area contributed by atoms with Crippen LogP contribution >= 0.6 is 0 Å². The molecule has 0 amide bonds. The smallest absolute Gasteiger partial charge is 1.00 e. The van der Waals surface area contributed by atoms with Crippen molar-refractivity contribution in [1.29, 1.82) is 0 Å². The van der Waals surface area contributed by atoms with Crippen molar-refractivity contribution in [3.8, 4) is 0 Å². The summed E-state index contributed by atoms with van der Waals surface area (Å²) in [7, 11) is 0. The van der Waals surface area contributed by atoms with Crippen LogP contribution in [0, 0.1) is 5.82 Å². The van der Waals surface area contributed by atoms with E-state index in [9.17, 15) is 9.18 Å². The number of aromatic carboxylic acids is 1. The molecule has 1 aromatic rings. The molecule has 0 saturated heterocycles. The van der Waals surface area contributed by atoms with Crippen LogP contribution in [0.2, 0.25) is 0 Å². The van der Waals surface area contributed by atoms with Gasteiger partial charge in [0.2, 0.25) is 0 Å². The summed E-state index contributed by atoms with van der Waals surface area (Å²) in [5.74, 6) is -2.07. The molecule has 1 N–H and O–H groups in total. The first-order valence-corrected chi connectivity index (χ1v) is 3.90. The maximum Gasteiger partial charge on any atom is 1.00 e. The van der Waals surface area contributed by atoms with Crippen molar-refractivity contribution in [3.05, 3.63) is 29.3 Å². The molecule has 14 heavy (non-hydrogen) atoms. The molecule has 0 spiro atoms. The summed E-state index contributed by atoms with van der Waals surface area (Å²) in [6.07, 6.45) is 2.30. The molecule has 0 aliphatic rings. The first kappa shape index (κ1) is 13.1. The van der Waals surface area contributed by atoms with Crippen LogP contribution in [-0.4, -0.2) is 16.1 Å². The average Bonchev–Trinajstić information content (AvgIpc) is 2.02. The third kappa shape index (κ3) is 2.57. The van der Waals surface area contributed by atoms with Crippen LogP contribution in [0.25, 0.3) is 0 Å². The van der Waals surface area contributed by atoms with Gasteiger partial charge >= 0.3 is 24.8 Å². The van der Waals surface area contributed by atoms with Crippen molar-refractivity contribution in [2.24, 2.45) is 0 Å². The maximum absolute atomic E-state index is 13.0. The number of aromatic nitrogens is 1. The summed E-state index contributed by atoms with van der Waals surface area (Å²) in [5, 5.41) is 8.73. The Morgan fingerprint density at radius 2 is 2.14 bits per heavy atom. The number of halogens is 1. The van der Waals surface area contributed by atoms with Crippen molar-refractivity contribution < 1.29 is 34.6 Å². The van der Waals surface area contributed by atoms with Gasteiger partial charge in [0.1, 0.15) is 5.56 Å². The number of carboxylic acids is 1. The Kier molecular flexibility index (Phi) is 4.82. The molecule has 1 rings (SSSR count). The van der Waals surface area contributed by atoms with E-state index in [-0.39, 0.29) is 31.8 Å². The Labute approximate surface area is 95.0 Å². The summed E-state index contributed by atoms with van der Waals surface area (Å²) in [6.45, 7) is 3.59. The Balaban J connectivity index is 0. The molecule has 0 fully saturated rings. The number of pyridine rings is 1. The van der Waals surface area contributed by atoms with Crippen LogP contribution in [0.3, 0.4) is 0 Å². The second-order valence-corrected chi connectivity index (χ2v) is 3.05. The van der Waals surface area contributed by atoms with Crippen LogP contribution in [0.5, 0.6) is 0 Å². The number of rotatable bonds is 2. The number of carbonyl (C=O) groups is 1. The topological polar surface area (TPSA) is 50.2 Å². The summed E-state index contributed by atoms with van der Waals surface area (Å²) in [4.78, 5) is 14.3. The minimum absolute atomic E-state index is 0. The molecular formula is C9H11FLiNO2. The fraction of sp³-hybridized carbons (Fsp3) is 0.333. The number of hydrogen-bond acceptors (Lipinski definition) is 2. The molecule has 0 saturated carbocycles. The maximum atomic E-state index is 13.0. The third-order valence-corrected chi connectivity index (χ3v) is 1.76. The molecule has 3 nitrogen and oxygen atoms in total. The van der Waals surface area contributed by atoms with E-state index in [4.69, 9.17) is 5.11 Å². The molecule has 1 heterocycles. The molecule has 0 aliphatic heterocycles. The summed E-state index contributed by atoms with van der Waals surface area (Å²) in [5.41, 5.74) is 0.150. The molecule has 0 radical (unpaired) electrons. The largest absolute Gasteiger partial charge is 1.00 e. The predicted octanol–water partition coefficient (Wildman–Crippen LogP) is -0.841. The first-order chi connectivity index (χ1) is 6.04. The van der Waals surface area contributed by atoms with Crippen molar-refractivity contribution in [1.82, 2.24) is 4.98 Å². The summed E-state index contributed by atoms with van der Waals surface area (Å²) < 4.78 is 13.0. The van der Waals surface area contributed by atoms with E-state index in [2.05, 4.69) is 4.98 Å². The standard InChI is InChI=1S/C9H10FNO2.Li.H/c1-5(2)6-3-11-4-7(10)8(6)9(12)13;;/h3-5H,1-2H3,(H,12,13);;/q;+1;-1. The van der Waals surface area contributed by atoms with Crippen molar-refractivity contribution in [3.63, 3.8) is 0 Å². The monoisotopic (exact) mass is 191 g/mol. The van der Waals surface area contributed by atoms with Crippen LogP contribution in [0.15, 0.2) is 12.4 Å². The fourth-order valence-electron chi connectivity index (χ4n) is 1.11. The van der Waals surface area contributed by atoms with Crippen molar-refractivity contribution in [2.45, 2.75) is 19.8 Å². The Morgan fingerprint density at radius 1 is 1.57 bits per heavy atom. The molecule has 1 aromatic heterocycles. The van der Waals surface area contributed by atoms with Gasteiger partial charge in [0.25, 0.3) is 0 Å². The minimum atomic E-state index is -1.25. The van der Waals surface area contributed by atoms with E-state index < -0.39 is 11.8 Å². The molecule has 0 aromatic carbocycles. The van der Waals surface area contributed by atoms with Crippen LogP contribution < -0.4 is 18.9 Å². The van der Waals surface area contributed by atoms with Gasteiger partial charge in [-0.15, -0.1) is 0 Å². The Bertz CT molecular complexity index is 347. The molecule has 0 aliphatic carbocycles. The van der Waals surface area contributed by atoms with E-state index in [0.29, 0.717) is 5.56 Å². The van der Waals surface area contributed by atoms with E-state index in [1.165, 1.54) is 6.20 Å². The van der Waals surface area contributed by atoms with Gasteiger partial charge in [0.05, 0.1) is 6.20 Å². The number of hydrogen-bond donors (Lipinski definition) is 1. The van der Waals surface area contributed by atoms with Gasteiger partial charge in [-0.3, -0.25) is 4.98 Å². The normalized spacial score (nSPS) is 9.71. The molecule has 5 heteroatoms. The minimum Gasteiger partial charge on any atom is -1.00 e. The Hall–Kier alpha value is -0.853. The van der Waals surface area contributed by atoms with E-state index in [1.807, 2.05) is 0 Å². The van der Waals surface area contributed by atoms with Gasteiger partial charge in [-0.05, 0) is 11.5 Å². The van der Waals surface area contributed by atoms with Gasteiger partial charge in [0, 0.05) is 6.20 Å². The Morgan fingerprint density at radius 3 is 2.50 bits per heavy atom. The SMILES string of the molecule is CC(C)c1cncc(F)c1C(=O)O.[H-].[Li+]. The van der Waals surface area contributed by atoms with Gasteiger partial charge in [-0.1, -0.05) is 13.8 Å². The van der Waals surface area contributed by atoms with E-state index in [1.54, 1.807) is 13.8 Å². The second kappa shape index (κ2) is 5.13. The van der Waals surface area contributed by atoms with Crippen LogP contribution in [-0.2, 0) is 0 Å². The van der Waals surface area contributed by atoms with Gasteiger partial charge < -0.3 is 6.53 Å². The zero-order chi connectivity index (χ0) is 10.0. The van der Waals surface area contributed by atoms with Gasteiger partial charge in [0.15, 0.2) is 5.82 Å². The van der Waals surface area contributed by atoms with E-state index in [0.717, 1.165) is 6.20 Å². The first-order valence-electron chi connectivity index (χ1n) is 3.90. The second-order valence-electron chi connectivity index (χ2n) is 3.05. The summed E-state index contributed by atoms with van der Waals surface area (Å²) >= 11 is 0. The van der Waals surface area contributed by atoms with Gasteiger partial charge in [-0.25, -0.2) is 9.18 Å². The number of nitrogens with zero attached hydrogens (tertiary/aromatic N) is 1. The molecule has 0 unspecified atom stereocenters. The van der Waals surface area contributed by atoms with Crippen LogP contribution in [0.1, 0.15) is 37.1 Å². The average molecular weight is 191 g/mol. The molecule has 72 valence electrons. The summed E-state index contributed by atoms with van der Waals surface area (Å²) in [6, 6.07) is 0. The quantitative estimate of drug-likeness (QED) is 0.620. The number of carboxylic acid groups (broad SMARTS) is 1. The van der Waals surface area contributed by atoms with E-state index >= 15 is 0 Å². The van der Waals surface area contributed by atoms with Crippen molar-refractivity contribution in [2.75, 3.05) is 0 Å². The predicted molar refractivity (Wildman–Crippen MR) is 46.4 cm³/mol. The molecule has 0 atom stereocenters. The third-order valence-electron chi connectivity index (χ3n) is 1.76.